The molecule has 1 nitrogen and oxygen atoms in total. The molecule has 3 rings (SSSR count). The lowest BCUT2D eigenvalue weighted by atomic mass is 10.0. The van der Waals surface area contributed by atoms with Crippen molar-refractivity contribution in [1.82, 2.24) is 4.98 Å². The lowest BCUT2D eigenvalue weighted by molar-refractivity contribution is 0.628. The Kier molecular flexibility index (Phi) is 2.56. The van der Waals surface area contributed by atoms with Gasteiger partial charge in [0.25, 0.3) is 0 Å². The summed E-state index contributed by atoms with van der Waals surface area (Å²) in [4.78, 5) is 4.62. The van der Waals surface area contributed by atoms with E-state index in [0.29, 0.717) is 0 Å². The third kappa shape index (κ3) is 1.86. The number of rotatable bonds is 1. The molecule has 0 radical (unpaired) electrons. The van der Waals surface area contributed by atoms with E-state index >= 15 is 0 Å². The van der Waals surface area contributed by atoms with Crippen molar-refractivity contribution in [3.63, 3.8) is 0 Å². The van der Waals surface area contributed by atoms with Crippen molar-refractivity contribution in [2.24, 2.45) is 0 Å². The van der Waals surface area contributed by atoms with Gasteiger partial charge in [-0.1, -0.05) is 30.3 Å². The van der Waals surface area contributed by atoms with E-state index in [2.05, 4.69) is 11.1 Å². The Morgan fingerprint density at radius 3 is 2.61 bits per heavy atom. The van der Waals surface area contributed by atoms with E-state index in [1.165, 1.54) is 12.1 Å². The molecule has 88 valence electrons. The van der Waals surface area contributed by atoms with Crippen LogP contribution in [0.25, 0.3) is 22.2 Å². The Morgan fingerprint density at radius 1 is 0.944 bits per heavy atom. The predicted molar refractivity (Wildman–Crippen MR) is 71.9 cm³/mol. The van der Waals surface area contributed by atoms with Crippen molar-refractivity contribution in [2.45, 2.75) is 6.92 Å². The summed E-state index contributed by atoms with van der Waals surface area (Å²) in [6.45, 7) is 2.00. The Labute approximate surface area is 105 Å². The van der Waals surface area contributed by atoms with Crippen LogP contribution in [0.3, 0.4) is 0 Å². The second kappa shape index (κ2) is 4.22. The van der Waals surface area contributed by atoms with Crippen molar-refractivity contribution in [3.05, 3.63) is 66.0 Å². The summed E-state index contributed by atoms with van der Waals surface area (Å²) in [7, 11) is 0. The minimum Gasteiger partial charge on any atom is -0.248 e. The first kappa shape index (κ1) is 10.9. The number of aromatic nitrogens is 1. The van der Waals surface area contributed by atoms with Gasteiger partial charge in [0.15, 0.2) is 0 Å². The number of pyridine rings is 1. The van der Waals surface area contributed by atoms with Crippen molar-refractivity contribution >= 4 is 10.9 Å². The normalized spacial score (nSPS) is 10.8. The van der Waals surface area contributed by atoms with Crippen molar-refractivity contribution in [3.8, 4) is 11.3 Å². The Balaban J connectivity index is 2.26. The number of para-hydroxylation sites is 1. The van der Waals surface area contributed by atoms with Crippen LogP contribution in [0, 0.1) is 12.7 Å². The summed E-state index contributed by atoms with van der Waals surface area (Å²) < 4.78 is 13.3. The minimum atomic E-state index is -0.234. The fourth-order valence-corrected chi connectivity index (χ4v) is 2.15. The Hall–Kier alpha value is -2.22. The molecule has 0 N–H and O–H groups in total. The lowest BCUT2D eigenvalue weighted by Gasteiger charge is -2.07. The number of nitrogens with zero attached hydrogens (tertiary/aromatic N) is 1. The molecule has 0 aliphatic heterocycles. The van der Waals surface area contributed by atoms with Crippen LogP contribution in [0.2, 0.25) is 0 Å². The number of halogens is 1. The van der Waals surface area contributed by atoms with Gasteiger partial charge < -0.3 is 0 Å². The molecule has 0 amide bonds. The summed E-state index contributed by atoms with van der Waals surface area (Å²) >= 11 is 0. The van der Waals surface area contributed by atoms with E-state index in [-0.39, 0.29) is 5.82 Å². The van der Waals surface area contributed by atoms with Crippen molar-refractivity contribution in [1.29, 1.82) is 0 Å². The fourth-order valence-electron chi connectivity index (χ4n) is 2.15. The van der Waals surface area contributed by atoms with Gasteiger partial charge >= 0.3 is 0 Å². The van der Waals surface area contributed by atoms with Crippen molar-refractivity contribution in [2.75, 3.05) is 0 Å². The first-order valence-corrected chi connectivity index (χ1v) is 5.86. The minimum absolute atomic E-state index is 0.234. The van der Waals surface area contributed by atoms with E-state index in [0.717, 1.165) is 27.7 Å². The van der Waals surface area contributed by atoms with E-state index in [9.17, 15) is 4.39 Å². The van der Waals surface area contributed by atoms with Gasteiger partial charge in [-0.25, -0.2) is 9.37 Å². The summed E-state index contributed by atoms with van der Waals surface area (Å²) in [6, 6.07) is 16.6. The van der Waals surface area contributed by atoms with Gasteiger partial charge in [0.2, 0.25) is 0 Å². The molecule has 1 aromatic heterocycles. The van der Waals surface area contributed by atoms with Crippen LogP contribution >= 0.6 is 0 Å². The van der Waals surface area contributed by atoms with Crippen LogP contribution in [-0.2, 0) is 0 Å². The molecule has 0 unspecified atom stereocenters. The van der Waals surface area contributed by atoms with Gasteiger partial charge in [0.1, 0.15) is 5.82 Å². The molecular weight excluding hydrogens is 225 g/mol. The molecule has 18 heavy (non-hydrogen) atoms. The van der Waals surface area contributed by atoms with Gasteiger partial charge in [-0.15, -0.1) is 0 Å². The molecule has 1 heterocycles. The first-order valence-electron chi connectivity index (χ1n) is 5.86. The molecule has 2 heteroatoms. The largest absolute Gasteiger partial charge is 0.248 e. The highest BCUT2D eigenvalue weighted by atomic mass is 19.1. The molecule has 0 bridgehead atoms. The molecule has 0 saturated heterocycles. The maximum absolute atomic E-state index is 13.3. The average Bonchev–Trinajstić information content (AvgIpc) is 2.38. The standard InChI is InChI=1S/C16H12FN/c1-11-9-12-5-2-3-8-15(12)18-16(11)13-6-4-7-14(17)10-13/h2-10H,1H3. The van der Waals surface area contributed by atoms with Gasteiger partial charge in [0, 0.05) is 10.9 Å². The third-order valence-electron chi connectivity index (χ3n) is 3.01. The number of fused-ring (bicyclic) bond motifs is 1. The number of benzene rings is 2. The Morgan fingerprint density at radius 2 is 1.78 bits per heavy atom. The summed E-state index contributed by atoms with van der Waals surface area (Å²) in [6.07, 6.45) is 0. The van der Waals surface area contributed by atoms with Crippen LogP contribution in [-0.4, -0.2) is 4.98 Å². The molecule has 3 aromatic rings. The molecule has 0 spiro atoms. The van der Waals surface area contributed by atoms with E-state index in [1.54, 1.807) is 6.07 Å². The zero-order chi connectivity index (χ0) is 12.5. The molecule has 0 atom stereocenters. The van der Waals surface area contributed by atoms with Gasteiger partial charge in [0.05, 0.1) is 11.2 Å². The maximum atomic E-state index is 13.3. The smallest absolute Gasteiger partial charge is 0.123 e. The summed E-state index contributed by atoms with van der Waals surface area (Å²) in [5.74, 6) is -0.234. The second-order valence-corrected chi connectivity index (χ2v) is 4.36. The number of hydrogen-bond acceptors (Lipinski definition) is 1. The number of aryl methyl sites for hydroxylation is 1. The predicted octanol–water partition coefficient (Wildman–Crippen LogP) is 4.35. The molecule has 0 fully saturated rings. The SMILES string of the molecule is Cc1cc2ccccc2nc1-c1cccc(F)c1. The molecule has 2 aromatic carbocycles. The summed E-state index contributed by atoms with van der Waals surface area (Å²) in [5.41, 5.74) is 3.65. The highest BCUT2D eigenvalue weighted by molar-refractivity contribution is 5.83. The fraction of sp³-hybridized carbons (Fsp3) is 0.0625. The third-order valence-corrected chi connectivity index (χ3v) is 3.01. The van der Waals surface area contributed by atoms with Crippen LogP contribution in [0.4, 0.5) is 4.39 Å². The quantitative estimate of drug-likeness (QED) is 0.613. The molecule has 0 aliphatic carbocycles. The highest BCUT2D eigenvalue weighted by Crippen LogP contribution is 2.25. The average molecular weight is 237 g/mol. The Bertz CT molecular complexity index is 719. The van der Waals surface area contributed by atoms with Gasteiger partial charge in [-0.2, -0.15) is 0 Å². The maximum Gasteiger partial charge on any atom is 0.123 e. The van der Waals surface area contributed by atoms with Gasteiger partial charge in [-0.3, -0.25) is 0 Å². The molecular formula is C16H12FN. The van der Waals surface area contributed by atoms with Crippen LogP contribution in [0.1, 0.15) is 5.56 Å². The molecule has 0 saturated carbocycles. The molecule has 0 aliphatic rings. The van der Waals surface area contributed by atoms with Crippen molar-refractivity contribution < 1.29 is 4.39 Å². The number of hydrogen-bond donors (Lipinski definition) is 0. The zero-order valence-corrected chi connectivity index (χ0v) is 10.0. The van der Waals surface area contributed by atoms with E-state index in [4.69, 9.17) is 0 Å². The van der Waals surface area contributed by atoms with Gasteiger partial charge in [-0.05, 0) is 36.8 Å². The van der Waals surface area contributed by atoms with Crippen LogP contribution < -0.4 is 0 Å². The van der Waals surface area contributed by atoms with E-state index in [1.807, 2.05) is 37.3 Å². The second-order valence-electron chi connectivity index (χ2n) is 4.36. The lowest BCUT2D eigenvalue weighted by Crippen LogP contribution is -1.90. The summed E-state index contributed by atoms with van der Waals surface area (Å²) in [5, 5.41) is 1.11. The van der Waals surface area contributed by atoms with E-state index < -0.39 is 0 Å². The van der Waals surface area contributed by atoms with Crippen LogP contribution in [0.15, 0.2) is 54.6 Å². The highest BCUT2D eigenvalue weighted by Gasteiger charge is 2.06. The zero-order valence-electron chi connectivity index (χ0n) is 10.0. The monoisotopic (exact) mass is 237 g/mol. The first-order chi connectivity index (χ1) is 8.74. The van der Waals surface area contributed by atoms with Crippen LogP contribution in [0.5, 0.6) is 0 Å². The topological polar surface area (TPSA) is 12.9 Å².